The van der Waals surface area contributed by atoms with Crippen molar-refractivity contribution < 1.29 is 9.53 Å². The second-order valence-electron chi connectivity index (χ2n) is 3.50. The third-order valence-corrected chi connectivity index (χ3v) is 2.10. The van der Waals surface area contributed by atoms with Crippen molar-refractivity contribution in [2.75, 3.05) is 13.2 Å². The molecular weight excluding hydrogens is 192 g/mol. The third kappa shape index (κ3) is 4.74. The van der Waals surface area contributed by atoms with Gasteiger partial charge >= 0.3 is 0 Å². The Bertz CT molecular complexity index is 307. The summed E-state index contributed by atoms with van der Waals surface area (Å²) in [5.41, 5.74) is 0.846. The Labute approximate surface area is 90.2 Å². The maximum absolute atomic E-state index is 11.5. The molecule has 1 rings (SSSR count). The minimum absolute atomic E-state index is 0.230. The Morgan fingerprint density at radius 2 is 2.40 bits per heavy atom. The fourth-order valence-electron chi connectivity index (χ4n) is 1.36. The van der Waals surface area contributed by atoms with Crippen molar-refractivity contribution in [1.82, 2.24) is 9.78 Å². The first-order chi connectivity index (χ1) is 7.22. The number of hydrogen-bond acceptors (Lipinski definition) is 3. The maximum atomic E-state index is 11.5. The molecule has 0 spiro atoms. The van der Waals surface area contributed by atoms with Crippen LogP contribution in [0.15, 0.2) is 12.3 Å². The molecule has 0 aliphatic rings. The van der Waals surface area contributed by atoms with E-state index in [2.05, 4.69) is 5.10 Å². The molecule has 84 valence electrons. The molecule has 0 amide bonds. The molecule has 0 bridgehead atoms. The van der Waals surface area contributed by atoms with E-state index in [1.54, 1.807) is 4.68 Å². The minimum atomic E-state index is 0.230. The van der Waals surface area contributed by atoms with Crippen LogP contribution in [0.3, 0.4) is 0 Å². The van der Waals surface area contributed by atoms with Gasteiger partial charge in [-0.05, 0) is 19.4 Å². The first kappa shape index (κ1) is 11.9. The predicted octanol–water partition coefficient (Wildman–Crippen LogP) is 1.35. The molecule has 0 saturated heterocycles. The molecule has 0 aromatic carbocycles. The van der Waals surface area contributed by atoms with Crippen molar-refractivity contribution >= 4 is 5.78 Å². The Morgan fingerprint density at radius 3 is 3.00 bits per heavy atom. The highest BCUT2D eigenvalue weighted by Gasteiger charge is 2.05. The average Bonchev–Trinajstić information content (AvgIpc) is 2.59. The van der Waals surface area contributed by atoms with Crippen LogP contribution in [-0.4, -0.2) is 28.8 Å². The second kappa shape index (κ2) is 6.35. The van der Waals surface area contributed by atoms with E-state index in [4.69, 9.17) is 4.74 Å². The van der Waals surface area contributed by atoms with E-state index < -0.39 is 0 Å². The Hall–Kier alpha value is -1.16. The zero-order chi connectivity index (χ0) is 11.1. The quantitative estimate of drug-likeness (QED) is 0.638. The standard InChI is InChI=1S/C11H18N2O2/c1-3-15-8-4-5-11(14)9-10-6-7-13(2)12-10/h6-7H,3-5,8-9H2,1-2H3. The van der Waals surface area contributed by atoms with Crippen molar-refractivity contribution in [3.8, 4) is 0 Å². The number of nitrogens with zero attached hydrogens (tertiary/aromatic N) is 2. The zero-order valence-electron chi connectivity index (χ0n) is 9.40. The molecule has 0 aliphatic carbocycles. The first-order valence-corrected chi connectivity index (χ1v) is 5.30. The van der Waals surface area contributed by atoms with Gasteiger partial charge in [0.25, 0.3) is 0 Å². The van der Waals surface area contributed by atoms with Crippen molar-refractivity contribution in [2.24, 2.45) is 7.05 Å². The van der Waals surface area contributed by atoms with Crippen molar-refractivity contribution in [3.05, 3.63) is 18.0 Å². The predicted molar refractivity (Wildman–Crippen MR) is 57.6 cm³/mol. The van der Waals surface area contributed by atoms with E-state index in [0.29, 0.717) is 26.1 Å². The number of ether oxygens (including phenoxy) is 1. The van der Waals surface area contributed by atoms with E-state index in [0.717, 1.165) is 12.1 Å². The number of aryl methyl sites for hydroxylation is 1. The fourth-order valence-corrected chi connectivity index (χ4v) is 1.36. The minimum Gasteiger partial charge on any atom is -0.382 e. The number of rotatable bonds is 7. The summed E-state index contributed by atoms with van der Waals surface area (Å²) in [5.74, 6) is 0.230. The van der Waals surface area contributed by atoms with Gasteiger partial charge < -0.3 is 4.74 Å². The molecule has 15 heavy (non-hydrogen) atoms. The summed E-state index contributed by atoms with van der Waals surface area (Å²) in [6.45, 7) is 3.34. The van der Waals surface area contributed by atoms with Crippen LogP contribution in [0.4, 0.5) is 0 Å². The van der Waals surface area contributed by atoms with Gasteiger partial charge in [-0.25, -0.2) is 0 Å². The monoisotopic (exact) mass is 210 g/mol. The van der Waals surface area contributed by atoms with Crippen molar-refractivity contribution in [3.63, 3.8) is 0 Å². The van der Waals surface area contributed by atoms with Crippen LogP contribution < -0.4 is 0 Å². The molecule has 1 aromatic heterocycles. The molecule has 4 nitrogen and oxygen atoms in total. The summed E-state index contributed by atoms with van der Waals surface area (Å²) in [6, 6.07) is 1.88. The molecule has 0 fully saturated rings. The van der Waals surface area contributed by atoms with Gasteiger partial charge in [0.2, 0.25) is 0 Å². The number of aromatic nitrogens is 2. The summed E-state index contributed by atoms with van der Waals surface area (Å²) >= 11 is 0. The third-order valence-electron chi connectivity index (χ3n) is 2.10. The van der Waals surface area contributed by atoms with Gasteiger partial charge in [-0.1, -0.05) is 0 Å². The van der Waals surface area contributed by atoms with Gasteiger partial charge in [-0.2, -0.15) is 5.10 Å². The molecule has 0 radical (unpaired) electrons. The number of Topliss-reactive ketones (excluding diaryl/α,β-unsaturated/α-hetero) is 1. The van der Waals surface area contributed by atoms with Crippen LogP contribution in [0.25, 0.3) is 0 Å². The number of carbonyl (C=O) groups is 1. The SMILES string of the molecule is CCOCCCC(=O)Cc1ccn(C)n1. The van der Waals surface area contributed by atoms with Gasteiger partial charge in [0.1, 0.15) is 5.78 Å². The van der Waals surface area contributed by atoms with E-state index in [9.17, 15) is 4.79 Å². The second-order valence-corrected chi connectivity index (χ2v) is 3.50. The lowest BCUT2D eigenvalue weighted by molar-refractivity contribution is -0.118. The van der Waals surface area contributed by atoms with Crippen LogP contribution in [0.1, 0.15) is 25.5 Å². The molecular formula is C11H18N2O2. The van der Waals surface area contributed by atoms with Crippen LogP contribution in [0.2, 0.25) is 0 Å². The van der Waals surface area contributed by atoms with Crippen molar-refractivity contribution in [1.29, 1.82) is 0 Å². The van der Waals surface area contributed by atoms with Crippen LogP contribution >= 0.6 is 0 Å². The topological polar surface area (TPSA) is 44.1 Å². The summed E-state index contributed by atoms with van der Waals surface area (Å²) < 4.78 is 6.88. The van der Waals surface area contributed by atoms with E-state index in [1.807, 2.05) is 26.2 Å². The van der Waals surface area contributed by atoms with Gasteiger partial charge in [0.15, 0.2) is 0 Å². The highest BCUT2D eigenvalue weighted by Crippen LogP contribution is 2.01. The summed E-state index contributed by atoms with van der Waals surface area (Å²) in [7, 11) is 1.85. The lowest BCUT2D eigenvalue weighted by atomic mass is 10.1. The van der Waals surface area contributed by atoms with Gasteiger partial charge in [-0.3, -0.25) is 9.48 Å². The molecule has 1 heterocycles. The molecule has 4 heteroatoms. The molecule has 0 N–H and O–H groups in total. The number of carbonyl (C=O) groups excluding carboxylic acids is 1. The Balaban J connectivity index is 2.18. The molecule has 0 atom stereocenters. The zero-order valence-corrected chi connectivity index (χ0v) is 9.40. The summed E-state index contributed by atoms with van der Waals surface area (Å²) in [4.78, 5) is 11.5. The molecule has 0 unspecified atom stereocenters. The van der Waals surface area contributed by atoms with E-state index in [1.165, 1.54) is 0 Å². The lowest BCUT2D eigenvalue weighted by Gasteiger charge is -2.00. The van der Waals surface area contributed by atoms with Gasteiger partial charge in [-0.15, -0.1) is 0 Å². The fraction of sp³-hybridized carbons (Fsp3) is 0.636. The van der Waals surface area contributed by atoms with Crippen LogP contribution in [-0.2, 0) is 23.0 Å². The lowest BCUT2D eigenvalue weighted by Crippen LogP contribution is -2.05. The van der Waals surface area contributed by atoms with Crippen molar-refractivity contribution in [2.45, 2.75) is 26.2 Å². The Morgan fingerprint density at radius 1 is 1.60 bits per heavy atom. The summed E-state index contributed by atoms with van der Waals surface area (Å²) in [5, 5.41) is 4.16. The first-order valence-electron chi connectivity index (χ1n) is 5.30. The van der Waals surface area contributed by atoms with Crippen LogP contribution in [0.5, 0.6) is 0 Å². The summed E-state index contributed by atoms with van der Waals surface area (Å²) in [6.07, 6.45) is 3.67. The number of hydrogen-bond donors (Lipinski definition) is 0. The molecule has 0 aliphatic heterocycles. The maximum Gasteiger partial charge on any atom is 0.139 e. The van der Waals surface area contributed by atoms with Gasteiger partial charge in [0.05, 0.1) is 12.1 Å². The van der Waals surface area contributed by atoms with Gasteiger partial charge in [0, 0.05) is 32.9 Å². The highest BCUT2D eigenvalue weighted by atomic mass is 16.5. The number of ketones is 1. The molecule has 0 saturated carbocycles. The van der Waals surface area contributed by atoms with E-state index in [-0.39, 0.29) is 5.78 Å². The highest BCUT2D eigenvalue weighted by molar-refractivity contribution is 5.80. The Kier molecular flexibility index (Phi) is 5.04. The molecule has 1 aromatic rings. The van der Waals surface area contributed by atoms with E-state index >= 15 is 0 Å². The largest absolute Gasteiger partial charge is 0.382 e. The normalized spacial score (nSPS) is 10.5. The van der Waals surface area contributed by atoms with Crippen LogP contribution in [0, 0.1) is 0 Å². The smallest absolute Gasteiger partial charge is 0.139 e. The average molecular weight is 210 g/mol.